The van der Waals surface area contributed by atoms with Crippen LogP contribution in [0.3, 0.4) is 0 Å². The van der Waals surface area contributed by atoms with Gasteiger partial charge >= 0.3 is 0 Å². The number of aromatic nitrogens is 2. The molecule has 0 radical (unpaired) electrons. The summed E-state index contributed by atoms with van der Waals surface area (Å²) in [7, 11) is 0. The van der Waals surface area contributed by atoms with Gasteiger partial charge in [-0.05, 0) is 35.0 Å². The fourth-order valence-corrected chi connectivity index (χ4v) is 1.63. The minimum absolute atomic E-state index is 0.737. The fraction of sp³-hybridized carbons (Fsp3) is 0.100. The van der Waals surface area contributed by atoms with Gasteiger partial charge in [-0.1, -0.05) is 6.07 Å². The van der Waals surface area contributed by atoms with E-state index in [9.17, 15) is 0 Å². The topological polar surface area (TPSA) is 54.7 Å². The lowest BCUT2D eigenvalue weighted by molar-refractivity contribution is 1.15. The molecular formula is C10H10BrN3. The summed E-state index contributed by atoms with van der Waals surface area (Å²) in [5, 5.41) is 0. The first kappa shape index (κ1) is 9.27. The molecule has 0 atom stereocenters. The van der Waals surface area contributed by atoms with E-state index in [0.717, 1.165) is 27.2 Å². The van der Waals surface area contributed by atoms with Crippen LogP contribution < -0.4 is 5.73 Å². The second-order valence-corrected chi connectivity index (χ2v) is 3.96. The van der Waals surface area contributed by atoms with Gasteiger partial charge in [0.25, 0.3) is 0 Å². The molecule has 0 fully saturated rings. The first-order valence-corrected chi connectivity index (χ1v) is 5.03. The molecule has 0 amide bonds. The molecule has 0 aliphatic carbocycles. The summed E-state index contributed by atoms with van der Waals surface area (Å²) in [5.74, 6) is 0.910. The Hall–Kier alpha value is -1.29. The van der Waals surface area contributed by atoms with Crippen LogP contribution in [0.5, 0.6) is 0 Å². The minimum atomic E-state index is 0.737. The molecule has 1 heterocycles. The van der Waals surface area contributed by atoms with Crippen LogP contribution in [-0.2, 0) is 0 Å². The first-order chi connectivity index (χ1) is 6.66. The van der Waals surface area contributed by atoms with E-state index in [-0.39, 0.29) is 0 Å². The third-order valence-electron chi connectivity index (χ3n) is 2.00. The Morgan fingerprint density at radius 1 is 1.43 bits per heavy atom. The molecule has 3 N–H and O–H groups in total. The zero-order valence-corrected chi connectivity index (χ0v) is 9.30. The number of nitrogen functional groups attached to an aromatic ring is 1. The average molecular weight is 252 g/mol. The molecule has 14 heavy (non-hydrogen) atoms. The molecule has 2 aromatic rings. The van der Waals surface area contributed by atoms with Crippen LogP contribution in [0, 0.1) is 6.92 Å². The predicted octanol–water partition coefficient (Wildman–Crippen LogP) is 2.73. The number of nitrogens with one attached hydrogen (secondary N) is 1. The molecule has 0 aliphatic rings. The predicted molar refractivity (Wildman–Crippen MR) is 60.9 cm³/mol. The van der Waals surface area contributed by atoms with Crippen molar-refractivity contribution >= 4 is 21.6 Å². The summed E-state index contributed by atoms with van der Waals surface area (Å²) in [4.78, 5) is 7.38. The highest BCUT2D eigenvalue weighted by Gasteiger charge is 2.03. The van der Waals surface area contributed by atoms with Gasteiger partial charge in [0.2, 0.25) is 0 Å². The standard InChI is InChI=1S/C10H10BrN3/c1-6-13-5-10(14-6)7-2-3-9(12)8(11)4-7/h2-5H,12H2,1H3,(H,13,14). The van der Waals surface area contributed by atoms with Gasteiger partial charge in [0.05, 0.1) is 5.69 Å². The van der Waals surface area contributed by atoms with E-state index in [1.54, 1.807) is 0 Å². The molecule has 3 nitrogen and oxygen atoms in total. The minimum Gasteiger partial charge on any atom is -0.398 e. The van der Waals surface area contributed by atoms with E-state index in [1.807, 2.05) is 31.3 Å². The average Bonchev–Trinajstić information content (AvgIpc) is 2.57. The fourth-order valence-electron chi connectivity index (χ4n) is 1.25. The zero-order valence-electron chi connectivity index (χ0n) is 7.71. The molecule has 4 heteroatoms. The number of imidazole rings is 1. The Bertz CT molecular complexity index is 462. The highest BCUT2D eigenvalue weighted by molar-refractivity contribution is 9.10. The Morgan fingerprint density at radius 3 is 2.79 bits per heavy atom. The van der Waals surface area contributed by atoms with E-state index in [1.165, 1.54) is 0 Å². The van der Waals surface area contributed by atoms with Crippen molar-refractivity contribution in [2.45, 2.75) is 6.92 Å². The Labute approximate surface area is 90.5 Å². The highest BCUT2D eigenvalue weighted by atomic mass is 79.9. The van der Waals surface area contributed by atoms with Crippen LogP contribution in [0.15, 0.2) is 28.9 Å². The SMILES string of the molecule is Cc1nc(-c2ccc(N)c(Br)c2)c[nH]1. The van der Waals surface area contributed by atoms with Gasteiger partial charge < -0.3 is 10.7 Å². The number of anilines is 1. The Balaban J connectivity index is 2.47. The van der Waals surface area contributed by atoms with Crippen LogP contribution in [0.4, 0.5) is 5.69 Å². The maximum atomic E-state index is 5.70. The maximum Gasteiger partial charge on any atom is 0.103 e. The van der Waals surface area contributed by atoms with E-state index in [2.05, 4.69) is 25.9 Å². The molecule has 0 bridgehead atoms. The number of halogens is 1. The monoisotopic (exact) mass is 251 g/mol. The van der Waals surface area contributed by atoms with Crippen molar-refractivity contribution in [3.05, 3.63) is 34.7 Å². The van der Waals surface area contributed by atoms with Crippen LogP contribution in [-0.4, -0.2) is 9.97 Å². The second kappa shape index (κ2) is 3.46. The number of hydrogen-bond acceptors (Lipinski definition) is 2. The molecular weight excluding hydrogens is 242 g/mol. The van der Waals surface area contributed by atoms with Crippen molar-refractivity contribution in [2.24, 2.45) is 0 Å². The summed E-state index contributed by atoms with van der Waals surface area (Å²) in [6, 6.07) is 5.78. The van der Waals surface area contributed by atoms with Crippen molar-refractivity contribution in [1.82, 2.24) is 9.97 Å². The van der Waals surface area contributed by atoms with Crippen LogP contribution in [0.2, 0.25) is 0 Å². The normalized spacial score (nSPS) is 10.4. The summed E-state index contributed by atoms with van der Waals surface area (Å²) < 4.78 is 0.899. The van der Waals surface area contributed by atoms with Gasteiger partial charge in [-0.15, -0.1) is 0 Å². The number of aryl methyl sites for hydroxylation is 1. The number of hydrogen-bond donors (Lipinski definition) is 2. The Kier molecular flexibility index (Phi) is 2.29. The summed E-state index contributed by atoms with van der Waals surface area (Å²) in [6.45, 7) is 1.93. The van der Waals surface area contributed by atoms with E-state index in [0.29, 0.717) is 0 Å². The molecule has 0 saturated heterocycles. The van der Waals surface area contributed by atoms with Crippen LogP contribution >= 0.6 is 15.9 Å². The summed E-state index contributed by atoms with van der Waals surface area (Å²) in [5.41, 5.74) is 8.42. The zero-order chi connectivity index (χ0) is 10.1. The van der Waals surface area contributed by atoms with E-state index in [4.69, 9.17) is 5.73 Å². The molecule has 0 unspecified atom stereocenters. The largest absolute Gasteiger partial charge is 0.398 e. The second-order valence-electron chi connectivity index (χ2n) is 3.11. The lowest BCUT2D eigenvalue weighted by Crippen LogP contribution is -1.86. The van der Waals surface area contributed by atoms with Crippen molar-refractivity contribution < 1.29 is 0 Å². The summed E-state index contributed by atoms with van der Waals surface area (Å²) in [6.07, 6.45) is 1.88. The maximum absolute atomic E-state index is 5.70. The third kappa shape index (κ3) is 1.65. The molecule has 72 valence electrons. The third-order valence-corrected chi connectivity index (χ3v) is 2.69. The van der Waals surface area contributed by atoms with E-state index >= 15 is 0 Å². The van der Waals surface area contributed by atoms with Gasteiger partial charge in [-0.3, -0.25) is 0 Å². The smallest absolute Gasteiger partial charge is 0.103 e. The van der Waals surface area contributed by atoms with Crippen LogP contribution in [0.25, 0.3) is 11.3 Å². The summed E-state index contributed by atoms with van der Waals surface area (Å²) >= 11 is 3.39. The van der Waals surface area contributed by atoms with Gasteiger partial charge in [0, 0.05) is 21.9 Å². The number of nitrogens with two attached hydrogens (primary N) is 1. The number of nitrogens with zero attached hydrogens (tertiary/aromatic N) is 1. The van der Waals surface area contributed by atoms with Crippen LogP contribution in [0.1, 0.15) is 5.82 Å². The molecule has 0 saturated carbocycles. The quantitative estimate of drug-likeness (QED) is 0.766. The number of aromatic amines is 1. The molecule has 0 spiro atoms. The van der Waals surface area contributed by atoms with Gasteiger partial charge in [-0.2, -0.15) is 0 Å². The number of H-pyrrole nitrogens is 1. The molecule has 1 aromatic carbocycles. The lowest BCUT2D eigenvalue weighted by atomic mass is 10.1. The van der Waals surface area contributed by atoms with Gasteiger partial charge in [0.1, 0.15) is 5.82 Å². The highest BCUT2D eigenvalue weighted by Crippen LogP contribution is 2.26. The van der Waals surface area contributed by atoms with Crippen molar-refractivity contribution in [3.8, 4) is 11.3 Å². The van der Waals surface area contributed by atoms with E-state index < -0.39 is 0 Å². The van der Waals surface area contributed by atoms with Crippen molar-refractivity contribution in [2.75, 3.05) is 5.73 Å². The number of rotatable bonds is 1. The molecule has 0 aliphatic heterocycles. The lowest BCUT2D eigenvalue weighted by Gasteiger charge is -2.00. The van der Waals surface area contributed by atoms with Crippen molar-refractivity contribution in [1.29, 1.82) is 0 Å². The molecule has 2 rings (SSSR count). The Morgan fingerprint density at radius 2 is 2.21 bits per heavy atom. The van der Waals surface area contributed by atoms with Gasteiger partial charge in [-0.25, -0.2) is 4.98 Å². The first-order valence-electron chi connectivity index (χ1n) is 4.24. The number of benzene rings is 1. The van der Waals surface area contributed by atoms with Gasteiger partial charge in [0.15, 0.2) is 0 Å². The van der Waals surface area contributed by atoms with Crippen molar-refractivity contribution in [3.63, 3.8) is 0 Å². The molecule has 1 aromatic heterocycles.